The molecule has 1 unspecified atom stereocenters. The number of amides is 2. The van der Waals surface area contributed by atoms with Gasteiger partial charge in [0.2, 0.25) is 0 Å². The fourth-order valence-electron chi connectivity index (χ4n) is 3.88. The van der Waals surface area contributed by atoms with E-state index < -0.39 is 12.0 Å². The van der Waals surface area contributed by atoms with E-state index >= 15 is 0 Å². The zero-order valence-electron chi connectivity index (χ0n) is 16.8. The molecular weight excluding hydrogens is 356 g/mol. The van der Waals surface area contributed by atoms with Gasteiger partial charge in [-0.3, -0.25) is 0 Å². The lowest BCUT2D eigenvalue weighted by Gasteiger charge is -2.29. The largest absolute Gasteiger partial charge is 0.490 e. The molecule has 2 aliphatic rings. The Morgan fingerprint density at radius 1 is 1.11 bits per heavy atom. The molecule has 2 amide bonds. The van der Waals surface area contributed by atoms with Crippen molar-refractivity contribution in [3.05, 3.63) is 41.1 Å². The SMILES string of the molecule is CCCC1=C(C(=O)OCC)C(c2ccc(OC3CCCCC3)cc2)NC(=O)N1. The average Bonchev–Trinajstić information content (AvgIpc) is 2.69. The number of nitrogens with one attached hydrogen (secondary N) is 2. The molecule has 1 aromatic rings. The van der Waals surface area contributed by atoms with E-state index in [0.717, 1.165) is 30.6 Å². The normalized spacial score (nSPS) is 20.4. The van der Waals surface area contributed by atoms with Gasteiger partial charge in [-0.1, -0.05) is 31.9 Å². The number of carbonyl (C=O) groups excluding carboxylic acids is 2. The molecule has 0 aromatic heterocycles. The van der Waals surface area contributed by atoms with E-state index in [-0.39, 0.29) is 18.7 Å². The number of hydrogen-bond donors (Lipinski definition) is 2. The maximum atomic E-state index is 12.6. The Bertz CT molecular complexity index is 721. The van der Waals surface area contributed by atoms with Gasteiger partial charge in [0.1, 0.15) is 5.75 Å². The summed E-state index contributed by atoms with van der Waals surface area (Å²) in [6.45, 7) is 4.08. The summed E-state index contributed by atoms with van der Waals surface area (Å²) < 4.78 is 11.3. The molecule has 1 aliphatic heterocycles. The van der Waals surface area contributed by atoms with Gasteiger partial charge in [-0.25, -0.2) is 9.59 Å². The van der Waals surface area contributed by atoms with Gasteiger partial charge in [-0.2, -0.15) is 0 Å². The standard InChI is InChI=1S/C22H30N2O4/c1-3-8-18-19(21(25)27-4-2)20(24-22(26)23-18)15-11-13-17(14-12-15)28-16-9-6-5-7-10-16/h11-14,16,20H,3-10H2,1-2H3,(H2,23,24,26). The van der Waals surface area contributed by atoms with Gasteiger partial charge in [-0.15, -0.1) is 0 Å². The molecule has 28 heavy (non-hydrogen) atoms. The summed E-state index contributed by atoms with van der Waals surface area (Å²) in [5, 5.41) is 5.64. The predicted octanol–water partition coefficient (Wildman–Crippen LogP) is 4.37. The van der Waals surface area contributed by atoms with E-state index in [9.17, 15) is 9.59 Å². The number of esters is 1. The third kappa shape index (κ3) is 4.86. The Hall–Kier alpha value is -2.50. The van der Waals surface area contributed by atoms with Crippen molar-refractivity contribution in [2.45, 2.75) is 70.9 Å². The van der Waals surface area contributed by atoms with Crippen LogP contribution in [0.1, 0.15) is 70.4 Å². The smallest absolute Gasteiger partial charge is 0.338 e. The van der Waals surface area contributed by atoms with Gasteiger partial charge in [0, 0.05) is 5.70 Å². The summed E-state index contributed by atoms with van der Waals surface area (Å²) in [5.74, 6) is 0.428. The molecule has 1 aromatic carbocycles. The van der Waals surface area contributed by atoms with Crippen LogP contribution in [0.2, 0.25) is 0 Å². The molecule has 1 heterocycles. The van der Waals surface area contributed by atoms with Gasteiger partial charge in [0.25, 0.3) is 0 Å². The molecule has 1 fully saturated rings. The Balaban J connectivity index is 1.83. The van der Waals surface area contributed by atoms with Gasteiger partial charge >= 0.3 is 12.0 Å². The van der Waals surface area contributed by atoms with Gasteiger partial charge in [-0.05, 0) is 56.7 Å². The van der Waals surface area contributed by atoms with Crippen LogP contribution in [0.5, 0.6) is 5.75 Å². The van der Waals surface area contributed by atoms with Crippen LogP contribution in [0.4, 0.5) is 4.79 Å². The molecule has 3 rings (SSSR count). The van der Waals surface area contributed by atoms with Crippen molar-refractivity contribution in [1.29, 1.82) is 0 Å². The third-order valence-electron chi connectivity index (χ3n) is 5.22. The van der Waals surface area contributed by atoms with Crippen LogP contribution in [0, 0.1) is 0 Å². The van der Waals surface area contributed by atoms with Gasteiger partial charge in [0.05, 0.1) is 24.3 Å². The molecular formula is C22H30N2O4. The zero-order chi connectivity index (χ0) is 19.9. The number of allylic oxidation sites excluding steroid dienone is 1. The summed E-state index contributed by atoms with van der Waals surface area (Å²) in [5.41, 5.74) is 1.95. The Morgan fingerprint density at radius 3 is 2.46 bits per heavy atom. The zero-order valence-corrected chi connectivity index (χ0v) is 16.8. The summed E-state index contributed by atoms with van der Waals surface area (Å²) in [7, 11) is 0. The molecule has 0 spiro atoms. The molecule has 1 aliphatic carbocycles. The number of benzene rings is 1. The molecule has 0 radical (unpaired) electrons. The number of hydrogen-bond acceptors (Lipinski definition) is 4. The first-order chi connectivity index (χ1) is 13.6. The highest BCUT2D eigenvalue weighted by Gasteiger charge is 2.33. The highest BCUT2D eigenvalue weighted by Crippen LogP contribution is 2.31. The van der Waals surface area contributed by atoms with Crippen molar-refractivity contribution in [3.63, 3.8) is 0 Å². The lowest BCUT2D eigenvalue weighted by atomic mass is 9.93. The molecule has 152 valence electrons. The monoisotopic (exact) mass is 386 g/mol. The third-order valence-corrected chi connectivity index (χ3v) is 5.22. The number of ether oxygens (including phenoxy) is 2. The highest BCUT2D eigenvalue weighted by atomic mass is 16.5. The van der Waals surface area contributed by atoms with Crippen molar-refractivity contribution in [2.24, 2.45) is 0 Å². The maximum absolute atomic E-state index is 12.6. The molecule has 1 atom stereocenters. The first-order valence-electron chi connectivity index (χ1n) is 10.4. The van der Waals surface area contributed by atoms with Crippen LogP contribution in [-0.2, 0) is 9.53 Å². The molecule has 2 N–H and O–H groups in total. The molecule has 1 saturated carbocycles. The predicted molar refractivity (Wildman–Crippen MR) is 107 cm³/mol. The Kier molecular flexibility index (Phi) is 6.95. The van der Waals surface area contributed by atoms with E-state index in [1.54, 1.807) is 6.92 Å². The second-order valence-corrected chi connectivity index (χ2v) is 7.34. The topological polar surface area (TPSA) is 76.7 Å². The van der Waals surface area contributed by atoms with E-state index in [0.29, 0.717) is 17.7 Å². The van der Waals surface area contributed by atoms with Crippen molar-refractivity contribution < 1.29 is 19.1 Å². The molecule has 6 nitrogen and oxygen atoms in total. The van der Waals surface area contributed by atoms with E-state index in [1.807, 2.05) is 31.2 Å². The number of urea groups is 1. The quantitative estimate of drug-likeness (QED) is 0.682. The minimum Gasteiger partial charge on any atom is -0.490 e. The average molecular weight is 386 g/mol. The maximum Gasteiger partial charge on any atom is 0.338 e. The summed E-state index contributed by atoms with van der Waals surface area (Å²) in [4.78, 5) is 24.8. The minimum atomic E-state index is -0.530. The lowest BCUT2D eigenvalue weighted by molar-refractivity contribution is -0.139. The fraction of sp³-hybridized carbons (Fsp3) is 0.545. The van der Waals surface area contributed by atoms with Crippen molar-refractivity contribution in [3.8, 4) is 5.75 Å². The minimum absolute atomic E-state index is 0.282. The number of carbonyl (C=O) groups is 2. The van der Waals surface area contributed by atoms with Crippen LogP contribution in [0.3, 0.4) is 0 Å². The van der Waals surface area contributed by atoms with Crippen LogP contribution < -0.4 is 15.4 Å². The summed E-state index contributed by atoms with van der Waals surface area (Å²) in [6.07, 6.45) is 7.64. The Morgan fingerprint density at radius 2 is 1.82 bits per heavy atom. The summed E-state index contributed by atoms with van der Waals surface area (Å²) >= 11 is 0. The first kappa shape index (κ1) is 20.2. The van der Waals surface area contributed by atoms with E-state index in [1.165, 1.54) is 19.3 Å². The second kappa shape index (κ2) is 9.62. The van der Waals surface area contributed by atoms with E-state index in [4.69, 9.17) is 9.47 Å². The summed E-state index contributed by atoms with van der Waals surface area (Å²) in [6, 6.07) is 6.83. The van der Waals surface area contributed by atoms with Gasteiger partial charge < -0.3 is 20.1 Å². The molecule has 6 heteroatoms. The van der Waals surface area contributed by atoms with Crippen LogP contribution in [0.25, 0.3) is 0 Å². The second-order valence-electron chi connectivity index (χ2n) is 7.34. The van der Waals surface area contributed by atoms with Crippen molar-refractivity contribution in [2.75, 3.05) is 6.61 Å². The molecule has 0 saturated heterocycles. The fourth-order valence-corrected chi connectivity index (χ4v) is 3.88. The molecule has 0 bridgehead atoms. The van der Waals surface area contributed by atoms with E-state index in [2.05, 4.69) is 10.6 Å². The van der Waals surface area contributed by atoms with Gasteiger partial charge in [0.15, 0.2) is 0 Å². The van der Waals surface area contributed by atoms with Crippen LogP contribution >= 0.6 is 0 Å². The number of rotatable bonds is 7. The lowest BCUT2D eigenvalue weighted by Crippen LogP contribution is -2.46. The highest BCUT2D eigenvalue weighted by molar-refractivity contribution is 5.95. The van der Waals surface area contributed by atoms with Crippen molar-refractivity contribution in [1.82, 2.24) is 10.6 Å². The van der Waals surface area contributed by atoms with Crippen molar-refractivity contribution >= 4 is 12.0 Å². The Labute approximate surface area is 166 Å². The first-order valence-corrected chi connectivity index (χ1v) is 10.4. The van der Waals surface area contributed by atoms with Crippen LogP contribution in [-0.4, -0.2) is 24.7 Å². The van der Waals surface area contributed by atoms with Crippen LogP contribution in [0.15, 0.2) is 35.5 Å².